The van der Waals surface area contributed by atoms with E-state index >= 15 is 0 Å². The van der Waals surface area contributed by atoms with Gasteiger partial charge in [-0.25, -0.2) is 4.79 Å². The third kappa shape index (κ3) is 3.32. The minimum absolute atomic E-state index is 0.281. The molecule has 0 spiro atoms. The van der Waals surface area contributed by atoms with Gasteiger partial charge in [-0.3, -0.25) is 0 Å². The number of esters is 1. The van der Waals surface area contributed by atoms with Crippen LogP contribution in [0.2, 0.25) is 0 Å². The van der Waals surface area contributed by atoms with Crippen LogP contribution in [0.5, 0.6) is 0 Å². The summed E-state index contributed by atoms with van der Waals surface area (Å²) in [7, 11) is 0. The Morgan fingerprint density at radius 2 is 1.91 bits per heavy atom. The molecule has 2 aromatic heterocycles. The number of hydrogen-bond donors (Lipinski definition) is 0. The standard InChI is InChI=1S/C17H16N2O3S/c1-10-4-6-13(7-5-10)16-19-18-15(22-16)12(3)21-17(20)14-11(2)8-9-23-14/h4-9,12H,1-3H3/t12-/m0/s1. The summed E-state index contributed by atoms with van der Waals surface area (Å²) in [6.45, 7) is 5.60. The van der Waals surface area contributed by atoms with Crippen molar-refractivity contribution >= 4 is 17.3 Å². The van der Waals surface area contributed by atoms with Crippen LogP contribution in [0.3, 0.4) is 0 Å². The van der Waals surface area contributed by atoms with Gasteiger partial charge in [-0.15, -0.1) is 21.5 Å². The Kier molecular flexibility index (Phi) is 4.25. The van der Waals surface area contributed by atoms with Gasteiger partial charge in [0.25, 0.3) is 5.89 Å². The number of rotatable bonds is 4. The van der Waals surface area contributed by atoms with E-state index in [4.69, 9.17) is 9.15 Å². The number of ether oxygens (including phenoxy) is 1. The highest BCUT2D eigenvalue weighted by Crippen LogP contribution is 2.25. The molecule has 0 fully saturated rings. The molecule has 6 heteroatoms. The van der Waals surface area contributed by atoms with Crippen molar-refractivity contribution in [2.24, 2.45) is 0 Å². The van der Waals surface area contributed by atoms with Gasteiger partial charge >= 0.3 is 5.97 Å². The lowest BCUT2D eigenvalue weighted by Gasteiger charge is -2.08. The number of carbonyl (C=O) groups is 1. The van der Waals surface area contributed by atoms with Crippen LogP contribution in [0.1, 0.15) is 39.7 Å². The van der Waals surface area contributed by atoms with Crippen LogP contribution in [-0.2, 0) is 4.74 Å². The molecular formula is C17H16N2O3S. The van der Waals surface area contributed by atoms with Crippen LogP contribution in [0.4, 0.5) is 0 Å². The van der Waals surface area contributed by atoms with Crippen molar-refractivity contribution in [3.8, 4) is 11.5 Å². The molecule has 118 valence electrons. The van der Waals surface area contributed by atoms with E-state index in [1.165, 1.54) is 11.3 Å². The number of aromatic nitrogens is 2. The van der Waals surface area contributed by atoms with Crippen molar-refractivity contribution in [2.75, 3.05) is 0 Å². The van der Waals surface area contributed by atoms with E-state index in [1.54, 1.807) is 6.92 Å². The maximum absolute atomic E-state index is 12.1. The lowest BCUT2D eigenvalue weighted by atomic mass is 10.1. The Hall–Kier alpha value is -2.47. The molecule has 0 aliphatic carbocycles. The van der Waals surface area contributed by atoms with Crippen molar-refractivity contribution in [3.05, 3.63) is 57.6 Å². The second-order valence-corrected chi connectivity index (χ2v) is 6.21. The van der Waals surface area contributed by atoms with E-state index in [0.717, 1.165) is 16.7 Å². The smallest absolute Gasteiger partial charge is 0.349 e. The van der Waals surface area contributed by atoms with Gasteiger partial charge in [0.1, 0.15) is 4.88 Å². The first-order valence-electron chi connectivity index (χ1n) is 7.20. The molecule has 0 saturated heterocycles. The molecule has 5 nitrogen and oxygen atoms in total. The van der Waals surface area contributed by atoms with Crippen LogP contribution >= 0.6 is 11.3 Å². The van der Waals surface area contributed by atoms with Crippen molar-refractivity contribution in [1.29, 1.82) is 0 Å². The quantitative estimate of drug-likeness (QED) is 0.667. The molecular weight excluding hydrogens is 312 g/mol. The van der Waals surface area contributed by atoms with Crippen LogP contribution in [0, 0.1) is 13.8 Å². The molecule has 0 unspecified atom stereocenters. The van der Waals surface area contributed by atoms with Crippen LogP contribution in [-0.4, -0.2) is 16.2 Å². The molecule has 0 amide bonds. The first-order valence-corrected chi connectivity index (χ1v) is 8.08. The van der Waals surface area contributed by atoms with Crippen molar-refractivity contribution in [2.45, 2.75) is 26.9 Å². The summed E-state index contributed by atoms with van der Waals surface area (Å²) < 4.78 is 11.0. The van der Waals surface area contributed by atoms with Crippen molar-refractivity contribution < 1.29 is 13.9 Å². The maximum atomic E-state index is 12.1. The molecule has 3 aromatic rings. The Balaban J connectivity index is 1.73. The average Bonchev–Trinajstić information content (AvgIpc) is 3.17. The van der Waals surface area contributed by atoms with Gasteiger partial charge in [0.05, 0.1) is 0 Å². The predicted molar refractivity (Wildman–Crippen MR) is 87.4 cm³/mol. The monoisotopic (exact) mass is 328 g/mol. The zero-order valence-corrected chi connectivity index (χ0v) is 13.9. The second-order valence-electron chi connectivity index (χ2n) is 5.29. The third-order valence-corrected chi connectivity index (χ3v) is 4.41. The minimum Gasteiger partial charge on any atom is -0.448 e. The predicted octanol–water partition coefficient (Wildman–Crippen LogP) is 4.33. The largest absolute Gasteiger partial charge is 0.448 e. The Bertz CT molecular complexity index is 820. The molecule has 2 heterocycles. The third-order valence-electron chi connectivity index (χ3n) is 3.42. The van der Waals surface area contributed by atoms with Gasteiger partial charge < -0.3 is 9.15 Å². The fourth-order valence-electron chi connectivity index (χ4n) is 2.06. The van der Waals surface area contributed by atoms with Gasteiger partial charge in [0, 0.05) is 5.56 Å². The minimum atomic E-state index is -0.601. The van der Waals surface area contributed by atoms with E-state index in [-0.39, 0.29) is 11.9 Å². The molecule has 0 saturated carbocycles. The van der Waals surface area contributed by atoms with Gasteiger partial charge in [0.2, 0.25) is 5.89 Å². The van der Waals surface area contributed by atoms with E-state index in [9.17, 15) is 4.79 Å². The number of nitrogens with zero attached hydrogens (tertiary/aromatic N) is 2. The number of carbonyl (C=O) groups excluding carboxylic acids is 1. The molecule has 0 radical (unpaired) electrons. The van der Waals surface area contributed by atoms with Gasteiger partial charge in [-0.1, -0.05) is 17.7 Å². The summed E-state index contributed by atoms with van der Waals surface area (Å²) in [5.74, 6) is 0.318. The van der Waals surface area contributed by atoms with E-state index < -0.39 is 6.10 Å². The van der Waals surface area contributed by atoms with Crippen molar-refractivity contribution in [1.82, 2.24) is 10.2 Å². The second kappa shape index (κ2) is 6.34. The summed E-state index contributed by atoms with van der Waals surface area (Å²) in [5.41, 5.74) is 2.89. The molecule has 0 aliphatic heterocycles. The summed E-state index contributed by atoms with van der Waals surface area (Å²) >= 11 is 1.36. The highest BCUT2D eigenvalue weighted by atomic mass is 32.1. The van der Waals surface area contributed by atoms with Crippen LogP contribution in [0.25, 0.3) is 11.5 Å². The summed E-state index contributed by atoms with van der Waals surface area (Å²) in [6.07, 6.45) is -0.601. The Labute approximate surface area is 137 Å². The molecule has 0 N–H and O–H groups in total. The SMILES string of the molecule is Cc1ccc(-c2nnc([C@H](C)OC(=O)c3sccc3C)o2)cc1. The first-order chi connectivity index (χ1) is 11.0. The molecule has 1 aromatic carbocycles. The normalized spacial score (nSPS) is 12.1. The molecule has 1 atom stereocenters. The highest BCUT2D eigenvalue weighted by molar-refractivity contribution is 7.12. The number of benzene rings is 1. The summed E-state index contributed by atoms with van der Waals surface area (Å²) in [5, 5.41) is 9.86. The van der Waals surface area contributed by atoms with Gasteiger partial charge in [0.15, 0.2) is 6.10 Å². The topological polar surface area (TPSA) is 65.2 Å². The lowest BCUT2D eigenvalue weighted by Crippen LogP contribution is -2.09. The Morgan fingerprint density at radius 3 is 2.57 bits per heavy atom. The zero-order chi connectivity index (χ0) is 16.4. The fraction of sp³-hybridized carbons (Fsp3) is 0.235. The number of aryl methyl sites for hydroxylation is 2. The maximum Gasteiger partial charge on any atom is 0.349 e. The highest BCUT2D eigenvalue weighted by Gasteiger charge is 2.21. The fourth-order valence-corrected chi connectivity index (χ4v) is 2.86. The van der Waals surface area contributed by atoms with Gasteiger partial charge in [-0.2, -0.15) is 0 Å². The molecule has 0 aliphatic rings. The van der Waals surface area contributed by atoms with Crippen LogP contribution in [0.15, 0.2) is 40.1 Å². The molecule has 23 heavy (non-hydrogen) atoms. The van der Waals surface area contributed by atoms with E-state index in [1.807, 2.05) is 49.6 Å². The zero-order valence-electron chi connectivity index (χ0n) is 13.1. The van der Waals surface area contributed by atoms with Gasteiger partial charge in [-0.05, 0) is 49.9 Å². The number of hydrogen-bond acceptors (Lipinski definition) is 6. The summed E-state index contributed by atoms with van der Waals surface area (Å²) in [4.78, 5) is 12.7. The Morgan fingerprint density at radius 1 is 1.17 bits per heavy atom. The molecule has 3 rings (SSSR count). The van der Waals surface area contributed by atoms with E-state index in [0.29, 0.717) is 10.8 Å². The lowest BCUT2D eigenvalue weighted by molar-refractivity contribution is 0.0285. The van der Waals surface area contributed by atoms with E-state index in [2.05, 4.69) is 10.2 Å². The van der Waals surface area contributed by atoms with Crippen LogP contribution < -0.4 is 0 Å². The number of thiophene rings is 1. The summed E-state index contributed by atoms with van der Waals surface area (Å²) in [6, 6.07) is 9.66. The first kappa shape index (κ1) is 15.4. The molecule has 0 bridgehead atoms. The van der Waals surface area contributed by atoms with Crippen molar-refractivity contribution in [3.63, 3.8) is 0 Å². The average molecular weight is 328 g/mol.